The number of rotatable bonds is 3. The summed E-state index contributed by atoms with van der Waals surface area (Å²) in [4.78, 5) is 0. The van der Waals surface area contributed by atoms with Crippen molar-refractivity contribution in [2.24, 2.45) is 0 Å². The molecule has 0 aliphatic carbocycles. The highest BCUT2D eigenvalue weighted by Crippen LogP contribution is 2.33. The predicted octanol–water partition coefficient (Wildman–Crippen LogP) is 1.55. The highest BCUT2D eigenvalue weighted by atomic mass is 16.5. The van der Waals surface area contributed by atoms with Gasteiger partial charge in [0.15, 0.2) is 17.3 Å². The number of methoxy groups -OCH3 is 2. The van der Waals surface area contributed by atoms with Crippen molar-refractivity contribution in [2.75, 3.05) is 20.0 Å². The van der Waals surface area contributed by atoms with E-state index in [-0.39, 0.29) is 5.82 Å². The maximum atomic E-state index is 9.03. The molecule has 0 atom stereocenters. The molecule has 92 valence electrons. The van der Waals surface area contributed by atoms with Crippen LogP contribution in [-0.2, 0) is 0 Å². The zero-order valence-electron chi connectivity index (χ0n) is 10.0. The fourth-order valence-corrected chi connectivity index (χ4v) is 1.67. The van der Waals surface area contributed by atoms with Gasteiger partial charge >= 0.3 is 0 Å². The molecular formula is C12H12N4O2. The van der Waals surface area contributed by atoms with Crippen molar-refractivity contribution >= 4 is 5.82 Å². The van der Waals surface area contributed by atoms with Gasteiger partial charge in [-0.15, -0.1) is 0 Å². The van der Waals surface area contributed by atoms with Gasteiger partial charge in [-0.1, -0.05) is 0 Å². The molecule has 2 aromatic rings. The summed E-state index contributed by atoms with van der Waals surface area (Å²) in [5, 5.41) is 15.6. The Morgan fingerprint density at radius 3 is 2.61 bits per heavy atom. The molecule has 18 heavy (non-hydrogen) atoms. The molecule has 2 rings (SSSR count). The van der Waals surface area contributed by atoms with Crippen LogP contribution in [0.4, 0.5) is 5.82 Å². The maximum absolute atomic E-state index is 9.03. The molecule has 0 fully saturated rings. The number of nitriles is 1. The molecule has 0 saturated carbocycles. The minimum atomic E-state index is 0.183. The number of hydrogen-bond acceptors (Lipinski definition) is 5. The SMILES string of the molecule is COc1ccc(-c2[nH]nc(N)c2C#N)cc1OC. The molecule has 6 heteroatoms. The van der Waals surface area contributed by atoms with Crippen molar-refractivity contribution in [1.29, 1.82) is 5.26 Å². The largest absolute Gasteiger partial charge is 0.493 e. The highest BCUT2D eigenvalue weighted by molar-refractivity contribution is 5.73. The summed E-state index contributed by atoms with van der Waals surface area (Å²) in [5.74, 6) is 1.38. The lowest BCUT2D eigenvalue weighted by atomic mass is 10.1. The number of aromatic nitrogens is 2. The smallest absolute Gasteiger partial charge is 0.163 e. The van der Waals surface area contributed by atoms with Gasteiger partial charge < -0.3 is 15.2 Å². The number of aromatic amines is 1. The molecule has 0 saturated heterocycles. The van der Waals surface area contributed by atoms with Gasteiger partial charge in [-0.2, -0.15) is 10.4 Å². The number of nitrogens with zero attached hydrogens (tertiary/aromatic N) is 2. The van der Waals surface area contributed by atoms with E-state index in [1.54, 1.807) is 32.4 Å². The van der Waals surface area contributed by atoms with Gasteiger partial charge in [0.2, 0.25) is 0 Å². The summed E-state index contributed by atoms with van der Waals surface area (Å²) in [7, 11) is 3.11. The number of nitrogens with two attached hydrogens (primary N) is 1. The molecule has 6 nitrogen and oxygen atoms in total. The van der Waals surface area contributed by atoms with Crippen molar-refractivity contribution in [3.05, 3.63) is 23.8 Å². The molecule has 0 bridgehead atoms. The van der Waals surface area contributed by atoms with Crippen LogP contribution in [0.15, 0.2) is 18.2 Å². The average Bonchev–Trinajstić information content (AvgIpc) is 2.78. The van der Waals surface area contributed by atoms with Crippen LogP contribution in [0.3, 0.4) is 0 Å². The quantitative estimate of drug-likeness (QED) is 0.853. The fraction of sp³-hybridized carbons (Fsp3) is 0.167. The fourth-order valence-electron chi connectivity index (χ4n) is 1.67. The van der Waals surface area contributed by atoms with E-state index in [2.05, 4.69) is 10.2 Å². The van der Waals surface area contributed by atoms with Crippen LogP contribution in [0.5, 0.6) is 11.5 Å². The molecule has 0 spiro atoms. The summed E-state index contributed by atoms with van der Waals surface area (Å²) >= 11 is 0. The third kappa shape index (κ3) is 1.82. The number of anilines is 1. The zero-order valence-corrected chi connectivity index (χ0v) is 10.0. The number of H-pyrrole nitrogens is 1. The van der Waals surface area contributed by atoms with Crippen LogP contribution in [0.2, 0.25) is 0 Å². The Morgan fingerprint density at radius 1 is 1.28 bits per heavy atom. The van der Waals surface area contributed by atoms with E-state index in [0.29, 0.717) is 22.8 Å². The second kappa shape index (κ2) is 4.67. The minimum Gasteiger partial charge on any atom is -0.493 e. The lowest BCUT2D eigenvalue weighted by Crippen LogP contribution is -1.92. The summed E-state index contributed by atoms with van der Waals surface area (Å²) in [5.41, 5.74) is 7.24. The Morgan fingerprint density at radius 2 is 2.00 bits per heavy atom. The van der Waals surface area contributed by atoms with Crippen molar-refractivity contribution in [1.82, 2.24) is 10.2 Å². The Hall–Kier alpha value is -2.68. The van der Waals surface area contributed by atoms with E-state index in [1.807, 2.05) is 6.07 Å². The topological polar surface area (TPSA) is 97.0 Å². The summed E-state index contributed by atoms with van der Waals surface area (Å²) < 4.78 is 10.4. The number of hydrogen-bond donors (Lipinski definition) is 2. The maximum Gasteiger partial charge on any atom is 0.163 e. The number of ether oxygens (including phenoxy) is 2. The highest BCUT2D eigenvalue weighted by Gasteiger charge is 2.14. The second-order valence-corrected chi connectivity index (χ2v) is 3.54. The molecule has 0 amide bonds. The summed E-state index contributed by atoms with van der Waals surface area (Å²) in [6.45, 7) is 0. The van der Waals surface area contributed by atoms with Gasteiger partial charge in [0.1, 0.15) is 11.6 Å². The lowest BCUT2D eigenvalue weighted by molar-refractivity contribution is 0.355. The minimum absolute atomic E-state index is 0.183. The van der Waals surface area contributed by atoms with Gasteiger partial charge in [0, 0.05) is 5.56 Å². The first-order valence-electron chi connectivity index (χ1n) is 5.17. The van der Waals surface area contributed by atoms with E-state index in [0.717, 1.165) is 5.56 Å². The summed E-state index contributed by atoms with van der Waals surface area (Å²) in [6, 6.07) is 7.33. The molecule has 0 unspecified atom stereocenters. The molecule has 1 heterocycles. The van der Waals surface area contributed by atoms with Crippen LogP contribution in [-0.4, -0.2) is 24.4 Å². The Balaban J connectivity index is 2.55. The van der Waals surface area contributed by atoms with Gasteiger partial charge in [-0.25, -0.2) is 0 Å². The molecule has 3 N–H and O–H groups in total. The van der Waals surface area contributed by atoms with Crippen LogP contribution < -0.4 is 15.2 Å². The van der Waals surface area contributed by atoms with E-state index in [9.17, 15) is 0 Å². The first-order chi connectivity index (χ1) is 8.71. The van der Waals surface area contributed by atoms with E-state index in [4.69, 9.17) is 20.5 Å². The van der Waals surface area contributed by atoms with Gasteiger partial charge in [0.05, 0.1) is 19.9 Å². The van der Waals surface area contributed by atoms with Crippen molar-refractivity contribution in [3.8, 4) is 28.8 Å². The number of nitrogen functional groups attached to an aromatic ring is 1. The molecule has 1 aromatic carbocycles. The van der Waals surface area contributed by atoms with Crippen LogP contribution in [0.1, 0.15) is 5.56 Å². The molecular weight excluding hydrogens is 232 g/mol. The van der Waals surface area contributed by atoms with Crippen LogP contribution >= 0.6 is 0 Å². The number of benzene rings is 1. The molecule has 0 aliphatic heterocycles. The third-order valence-electron chi connectivity index (χ3n) is 2.58. The Kier molecular flexibility index (Phi) is 3.06. The van der Waals surface area contributed by atoms with Gasteiger partial charge in [0.25, 0.3) is 0 Å². The predicted molar refractivity (Wildman–Crippen MR) is 66.3 cm³/mol. The third-order valence-corrected chi connectivity index (χ3v) is 2.58. The van der Waals surface area contributed by atoms with Crippen molar-refractivity contribution < 1.29 is 9.47 Å². The molecule has 0 aliphatic rings. The van der Waals surface area contributed by atoms with Crippen molar-refractivity contribution in [2.45, 2.75) is 0 Å². The van der Waals surface area contributed by atoms with Gasteiger partial charge in [-0.3, -0.25) is 5.10 Å². The van der Waals surface area contributed by atoms with Crippen LogP contribution in [0, 0.1) is 11.3 Å². The van der Waals surface area contributed by atoms with E-state index < -0.39 is 0 Å². The Bertz CT molecular complexity index is 613. The van der Waals surface area contributed by atoms with Crippen molar-refractivity contribution in [3.63, 3.8) is 0 Å². The van der Waals surface area contributed by atoms with Gasteiger partial charge in [-0.05, 0) is 18.2 Å². The molecule has 0 radical (unpaired) electrons. The standard InChI is InChI=1S/C12H12N4O2/c1-17-9-4-3-7(5-10(9)18-2)11-8(6-13)12(14)16-15-11/h3-5H,1-2H3,(H3,14,15,16). The van der Waals surface area contributed by atoms with E-state index >= 15 is 0 Å². The lowest BCUT2D eigenvalue weighted by Gasteiger charge is -2.08. The zero-order chi connectivity index (χ0) is 13.1. The second-order valence-electron chi connectivity index (χ2n) is 3.54. The van der Waals surface area contributed by atoms with Crippen LogP contribution in [0.25, 0.3) is 11.3 Å². The first kappa shape index (κ1) is 11.8. The first-order valence-corrected chi connectivity index (χ1v) is 5.17. The number of nitrogens with one attached hydrogen (secondary N) is 1. The monoisotopic (exact) mass is 244 g/mol. The molecule has 1 aromatic heterocycles. The summed E-state index contributed by atoms with van der Waals surface area (Å²) in [6.07, 6.45) is 0. The average molecular weight is 244 g/mol. The normalized spacial score (nSPS) is 9.83. The van der Waals surface area contributed by atoms with E-state index in [1.165, 1.54) is 0 Å². The Labute approximate surface area is 104 Å².